The molecule has 0 saturated heterocycles. The van der Waals surface area contributed by atoms with Gasteiger partial charge in [0.1, 0.15) is 11.6 Å². The molecule has 0 aromatic carbocycles. The number of Topliss-reactive ketones (excluding diaryl/α,β-unsaturated/α-hetero) is 2. The maximum atomic E-state index is 14.8. The summed E-state index contributed by atoms with van der Waals surface area (Å²) in [5.41, 5.74) is -3.38. The molecular formula is C63H124O6. The summed E-state index contributed by atoms with van der Waals surface area (Å²) >= 11 is 0. The molecule has 0 bridgehead atoms. The number of hydrogen-bond donors (Lipinski definition) is 4. The van der Waals surface area contributed by atoms with Crippen molar-refractivity contribution in [2.75, 3.05) is 19.8 Å². The van der Waals surface area contributed by atoms with Crippen LogP contribution in [0.1, 0.15) is 303 Å². The Morgan fingerprint density at radius 2 is 0.652 bits per heavy atom. The first-order chi connectivity index (χ1) is 32.1. The molecule has 6 heteroatoms. The maximum absolute atomic E-state index is 14.8. The molecule has 0 amide bonds. The topological polar surface area (TPSA) is 115 Å². The number of hydrogen-bond acceptors (Lipinski definition) is 6. The fourth-order valence-electron chi connectivity index (χ4n) is 10.8. The Morgan fingerprint density at radius 3 is 0.884 bits per heavy atom. The quantitative estimate of drug-likeness (QED) is 0.0453. The van der Waals surface area contributed by atoms with Crippen molar-refractivity contribution in [3.63, 3.8) is 0 Å². The van der Waals surface area contributed by atoms with E-state index in [0.717, 1.165) is 38.5 Å². The van der Waals surface area contributed by atoms with Crippen LogP contribution in [-0.2, 0) is 9.59 Å². The number of unbranched alkanes of at least 4 members (excludes halogenated alkanes) is 18. The molecule has 412 valence electrons. The Balaban J connectivity index is 6.42. The van der Waals surface area contributed by atoms with Crippen LogP contribution in [0.15, 0.2) is 0 Å². The van der Waals surface area contributed by atoms with Crippen LogP contribution in [0.4, 0.5) is 0 Å². The molecule has 0 aliphatic rings. The standard InChI is InChI=1S/C63H124O6/c1-17-19-21-23-25-27-29-31-33-35-37-54(60(11,12)13)45-52(43-50(3)58(5,6)7)56(67)39-41-63(69,62(47-64,48-65)49-66)42-40-57(68)53(44-51(4)59(8,9)10)46-55(61(14,15)16)38-36-34-32-30-28-26-24-22-20-18-2/h50-55,64-66,69H,17-49H2,1-16H3. The molecule has 0 fully saturated rings. The first-order valence-electron chi connectivity index (χ1n) is 29.7. The van der Waals surface area contributed by atoms with E-state index < -0.39 is 30.8 Å². The fraction of sp³-hybridized carbons (Fsp3) is 0.968. The van der Waals surface area contributed by atoms with Gasteiger partial charge in [0, 0.05) is 24.7 Å². The van der Waals surface area contributed by atoms with E-state index in [2.05, 4.69) is 111 Å². The molecule has 0 radical (unpaired) electrons. The summed E-state index contributed by atoms with van der Waals surface area (Å²) in [6.45, 7) is 34.4. The monoisotopic (exact) mass is 977 g/mol. The van der Waals surface area contributed by atoms with Crippen LogP contribution in [-0.4, -0.2) is 57.4 Å². The van der Waals surface area contributed by atoms with Crippen molar-refractivity contribution in [3.05, 3.63) is 0 Å². The molecule has 69 heavy (non-hydrogen) atoms. The summed E-state index contributed by atoms with van der Waals surface area (Å²) in [6, 6.07) is 0. The number of rotatable bonds is 42. The van der Waals surface area contributed by atoms with Gasteiger partial charge in [-0.25, -0.2) is 0 Å². The predicted molar refractivity (Wildman–Crippen MR) is 299 cm³/mol. The Kier molecular flexibility index (Phi) is 34.2. The Labute approximate surface area is 431 Å². The molecule has 6 atom stereocenters. The first kappa shape index (κ1) is 68.2. The summed E-state index contributed by atoms with van der Waals surface area (Å²) in [5.74, 6) is 1.13. The SMILES string of the molecule is CCCCCCCCCCCCC(CC(CC(C)C(C)(C)C)C(=O)CCC(O)(CCC(=O)C(CC(C)C(C)(C)C)CC(CCCCCCCCCCCC)C(C)(C)C)C(CO)(CO)CO)C(C)(C)C. The summed E-state index contributed by atoms with van der Waals surface area (Å²) in [7, 11) is 0. The molecule has 6 unspecified atom stereocenters. The summed E-state index contributed by atoms with van der Waals surface area (Å²) in [4.78, 5) is 29.5. The molecule has 0 spiro atoms. The smallest absolute Gasteiger partial charge is 0.136 e. The predicted octanol–water partition coefficient (Wildman–Crippen LogP) is 17.5. The van der Waals surface area contributed by atoms with Gasteiger partial charge in [0.25, 0.3) is 0 Å². The van der Waals surface area contributed by atoms with Gasteiger partial charge in [-0.1, -0.05) is 239 Å². The van der Waals surface area contributed by atoms with E-state index in [1.54, 1.807) is 0 Å². The van der Waals surface area contributed by atoms with Gasteiger partial charge in [-0.15, -0.1) is 0 Å². The van der Waals surface area contributed by atoms with E-state index in [1.807, 2.05) is 0 Å². The number of ketones is 2. The molecule has 0 heterocycles. The van der Waals surface area contributed by atoms with E-state index in [-0.39, 0.29) is 70.7 Å². The largest absolute Gasteiger partial charge is 0.395 e. The highest BCUT2D eigenvalue weighted by Crippen LogP contribution is 2.45. The molecular weight excluding hydrogens is 853 g/mol. The van der Waals surface area contributed by atoms with Crippen LogP contribution in [0, 0.1) is 62.6 Å². The second kappa shape index (κ2) is 34.6. The molecule has 0 aromatic heterocycles. The lowest BCUT2D eigenvalue weighted by molar-refractivity contribution is -0.166. The number of aliphatic hydroxyl groups excluding tert-OH is 3. The van der Waals surface area contributed by atoms with Gasteiger partial charge in [0.2, 0.25) is 0 Å². The zero-order chi connectivity index (χ0) is 53.0. The molecule has 4 N–H and O–H groups in total. The van der Waals surface area contributed by atoms with Crippen molar-refractivity contribution in [2.45, 2.75) is 309 Å². The number of aliphatic hydroxyl groups is 4. The molecule has 0 rings (SSSR count). The summed E-state index contributed by atoms with van der Waals surface area (Å²) in [5, 5.41) is 45.3. The average Bonchev–Trinajstić information content (AvgIpc) is 3.26. The molecule has 0 aliphatic carbocycles. The van der Waals surface area contributed by atoms with Crippen molar-refractivity contribution in [3.8, 4) is 0 Å². The normalized spacial score (nSPS) is 16.8. The van der Waals surface area contributed by atoms with Gasteiger partial charge in [-0.05, 0) is 96.7 Å². The minimum absolute atomic E-state index is 0.0213. The van der Waals surface area contributed by atoms with E-state index in [1.165, 1.54) is 128 Å². The van der Waals surface area contributed by atoms with Crippen molar-refractivity contribution in [2.24, 2.45) is 62.6 Å². The lowest BCUT2D eigenvalue weighted by Crippen LogP contribution is -2.56. The first-order valence-corrected chi connectivity index (χ1v) is 29.7. The van der Waals surface area contributed by atoms with Crippen LogP contribution in [0.3, 0.4) is 0 Å². The van der Waals surface area contributed by atoms with E-state index in [9.17, 15) is 30.0 Å². The zero-order valence-electron chi connectivity index (χ0n) is 49.4. The van der Waals surface area contributed by atoms with E-state index in [4.69, 9.17) is 0 Å². The molecule has 0 aromatic rings. The Morgan fingerprint density at radius 1 is 0.391 bits per heavy atom. The summed E-state index contributed by atoms with van der Waals surface area (Å²) < 4.78 is 0. The van der Waals surface area contributed by atoms with Gasteiger partial charge in [-0.3, -0.25) is 9.59 Å². The third-order valence-electron chi connectivity index (χ3n) is 18.0. The van der Waals surface area contributed by atoms with Crippen molar-refractivity contribution < 1.29 is 30.0 Å². The van der Waals surface area contributed by atoms with E-state index in [0.29, 0.717) is 23.7 Å². The van der Waals surface area contributed by atoms with Gasteiger partial charge >= 0.3 is 0 Å². The van der Waals surface area contributed by atoms with Gasteiger partial charge < -0.3 is 20.4 Å². The second-order valence-corrected chi connectivity index (χ2v) is 27.7. The van der Waals surface area contributed by atoms with Crippen LogP contribution in [0.5, 0.6) is 0 Å². The number of carbonyl (C=O) groups excluding carboxylic acids is 2. The van der Waals surface area contributed by atoms with Crippen LogP contribution >= 0.6 is 0 Å². The zero-order valence-corrected chi connectivity index (χ0v) is 49.4. The third kappa shape index (κ3) is 27.9. The van der Waals surface area contributed by atoms with Crippen molar-refractivity contribution in [1.82, 2.24) is 0 Å². The summed E-state index contributed by atoms with van der Waals surface area (Å²) in [6.07, 6.45) is 31.3. The Bertz CT molecular complexity index is 1190. The number of carbonyl (C=O) groups is 2. The Hall–Kier alpha value is -0.820. The highest BCUT2D eigenvalue weighted by atomic mass is 16.3. The average molecular weight is 978 g/mol. The highest BCUT2D eigenvalue weighted by molar-refractivity contribution is 5.82. The lowest BCUT2D eigenvalue weighted by atomic mass is 9.65. The van der Waals surface area contributed by atoms with Crippen LogP contribution < -0.4 is 0 Å². The van der Waals surface area contributed by atoms with Crippen LogP contribution in [0.2, 0.25) is 0 Å². The molecule has 6 nitrogen and oxygen atoms in total. The highest BCUT2D eigenvalue weighted by Gasteiger charge is 2.50. The second-order valence-electron chi connectivity index (χ2n) is 27.7. The minimum Gasteiger partial charge on any atom is -0.395 e. The molecule has 0 aliphatic heterocycles. The molecule has 0 saturated carbocycles. The van der Waals surface area contributed by atoms with E-state index >= 15 is 0 Å². The van der Waals surface area contributed by atoms with Crippen molar-refractivity contribution in [1.29, 1.82) is 0 Å². The van der Waals surface area contributed by atoms with Gasteiger partial charge in [-0.2, -0.15) is 0 Å². The maximum Gasteiger partial charge on any atom is 0.136 e. The minimum atomic E-state index is -1.82. The fourth-order valence-corrected chi connectivity index (χ4v) is 10.8. The third-order valence-corrected chi connectivity index (χ3v) is 18.0. The van der Waals surface area contributed by atoms with Crippen molar-refractivity contribution >= 4 is 11.6 Å². The lowest BCUT2D eigenvalue weighted by Gasteiger charge is -2.45. The van der Waals surface area contributed by atoms with Crippen LogP contribution in [0.25, 0.3) is 0 Å². The van der Waals surface area contributed by atoms with Gasteiger partial charge in [0.05, 0.1) is 30.8 Å². The van der Waals surface area contributed by atoms with Gasteiger partial charge in [0.15, 0.2) is 0 Å².